The van der Waals surface area contributed by atoms with Gasteiger partial charge in [-0.15, -0.1) is 12.4 Å². The number of carbonyl (C=O) groups excluding carboxylic acids is 1. The molecule has 0 unspecified atom stereocenters. The second-order valence-electron chi connectivity index (χ2n) is 7.54. The number of aryl methyl sites for hydroxylation is 3. The van der Waals surface area contributed by atoms with E-state index in [0.29, 0.717) is 29.5 Å². The van der Waals surface area contributed by atoms with Crippen LogP contribution in [-0.2, 0) is 0 Å². The molecule has 7 nitrogen and oxygen atoms in total. The van der Waals surface area contributed by atoms with E-state index in [9.17, 15) is 4.79 Å². The molecule has 2 aromatic rings. The van der Waals surface area contributed by atoms with Crippen molar-refractivity contribution in [3.05, 3.63) is 46.5 Å². The van der Waals surface area contributed by atoms with Gasteiger partial charge in [-0.1, -0.05) is 12.1 Å². The summed E-state index contributed by atoms with van der Waals surface area (Å²) in [4.78, 5) is 25.9. The molecule has 1 amide bonds. The van der Waals surface area contributed by atoms with Gasteiger partial charge in [-0.2, -0.15) is 0 Å². The van der Waals surface area contributed by atoms with Gasteiger partial charge in [0, 0.05) is 45.0 Å². The zero-order valence-electron chi connectivity index (χ0n) is 18.5. The Morgan fingerprint density at radius 2 is 1.80 bits per heavy atom. The summed E-state index contributed by atoms with van der Waals surface area (Å²) in [7, 11) is 1.53. The molecular weight excluding hydrogens is 402 g/mol. The Morgan fingerprint density at radius 3 is 2.47 bits per heavy atom. The van der Waals surface area contributed by atoms with Crippen LogP contribution >= 0.6 is 12.4 Å². The van der Waals surface area contributed by atoms with Crippen LogP contribution in [-0.4, -0.2) is 67.2 Å². The molecule has 3 rings (SSSR count). The molecule has 0 aliphatic carbocycles. The molecule has 0 spiro atoms. The standard InChI is InChI=1S/C22H31N5O2.ClH/c1-15-7-6-8-19(16(15)2)27-13-11-26(12-14-27)10-9-23-22(28)20-21(29-5)17(3)24-18(4)25-20;/h6-8H,9-14H2,1-5H3,(H,23,28);1H. The number of nitrogens with one attached hydrogen (secondary N) is 1. The van der Waals surface area contributed by atoms with Crippen LogP contribution in [0.3, 0.4) is 0 Å². The van der Waals surface area contributed by atoms with Crippen molar-refractivity contribution in [2.45, 2.75) is 27.7 Å². The average molecular weight is 434 g/mol. The van der Waals surface area contributed by atoms with E-state index in [0.717, 1.165) is 32.7 Å². The molecule has 0 saturated carbocycles. The number of aromatic nitrogens is 2. The Kier molecular flexibility index (Phi) is 8.43. The topological polar surface area (TPSA) is 70.6 Å². The summed E-state index contributed by atoms with van der Waals surface area (Å²) in [6.45, 7) is 13.3. The summed E-state index contributed by atoms with van der Waals surface area (Å²) in [5.74, 6) is 0.788. The zero-order valence-corrected chi connectivity index (χ0v) is 19.3. The number of carbonyl (C=O) groups is 1. The van der Waals surface area contributed by atoms with E-state index >= 15 is 0 Å². The molecule has 1 aromatic heterocycles. The Balaban J connectivity index is 0.00000320. The van der Waals surface area contributed by atoms with Gasteiger partial charge in [0.25, 0.3) is 5.91 Å². The van der Waals surface area contributed by atoms with Gasteiger partial charge in [0.2, 0.25) is 0 Å². The number of anilines is 1. The smallest absolute Gasteiger partial charge is 0.273 e. The first-order chi connectivity index (χ1) is 13.9. The zero-order chi connectivity index (χ0) is 21.0. The minimum absolute atomic E-state index is 0. The highest BCUT2D eigenvalue weighted by molar-refractivity contribution is 5.95. The predicted molar refractivity (Wildman–Crippen MR) is 122 cm³/mol. The predicted octanol–water partition coefficient (Wildman–Crippen LogP) is 2.69. The van der Waals surface area contributed by atoms with Crippen LogP contribution in [0.15, 0.2) is 18.2 Å². The van der Waals surface area contributed by atoms with Crippen molar-refractivity contribution in [1.29, 1.82) is 0 Å². The summed E-state index contributed by atoms with van der Waals surface area (Å²) >= 11 is 0. The van der Waals surface area contributed by atoms with E-state index in [1.807, 2.05) is 6.92 Å². The first kappa shape index (κ1) is 23.9. The number of benzene rings is 1. The van der Waals surface area contributed by atoms with Crippen molar-refractivity contribution < 1.29 is 9.53 Å². The molecule has 1 N–H and O–H groups in total. The van der Waals surface area contributed by atoms with Crippen LogP contribution in [0.4, 0.5) is 5.69 Å². The number of halogens is 1. The van der Waals surface area contributed by atoms with Crippen LogP contribution in [0.25, 0.3) is 0 Å². The van der Waals surface area contributed by atoms with Crippen LogP contribution in [0.1, 0.15) is 33.1 Å². The van der Waals surface area contributed by atoms with Crippen LogP contribution in [0.2, 0.25) is 0 Å². The van der Waals surface area contributed by atoms with Crippen molar-refractivity contribution in [3.8, 4) is 5.75 Å². The van der Waals surface area contributed by atoms with Gasteiger partial charge in [-0.25, -0.2) is 9.97 Å². The lowest BCUT2D eigenvalue weighted by atomic mass is 10.1. The number of rotatable bonds is 6. The summed E-state index contributed by atoms with van der Waals surface area (Å²) in [6, 6.07) is 6.50. The molecule has 1 fully saturated rings. The molecule has 30 heavy (non-hydrogen) atoms. The van der Waals surface area contributed by atoms with E-state index in [1.54, 1.807) is 6.92 Å². The Hall–Kier alpha value is -2.38. The van der Waals surface area contributed by atoms with Gasteiger partial charge in [0.15, 0.2) is 11.4 Å². The largest absolute Gasteiger partial charge is 0.492 e. The molecule has 1 saturated heterocycles. The van der Waals surface area contributed by atoms with E-state index < -0.39 is 0 Å². The Bertz CT molecular complexity index is 882. The van der Waals surface area contributed by atoms with E-state index in [4.69, 9.17) is 4.74 Å². The molecule has 0 bridgehead atoms. The summed E-state index contributed by atoms with van der Waals surface area (Å²) < 4.78 is 5.32. The molecule has 1 aromatic carbocycles. The van der Waals surface area contributed by atoms with Gasteiger partial charge < -0.3 is 15.0 Å². The third-order valence-electron chi connectivity index (χ3n) is 5.57. The number of amides is 1. The molecule has 8 heteroatoms. The van der Waals surface area contributed by atoms with Gasteiger partial charge in [-0.3, -0.25) is 9.69 Å². The van der Waals surface area contributed by atoms with Gasteiger partial charge in [-0.05, 0) is 44.9 Å². The number of ether oxygens (including phenoxy) is 1. The second kappa shape index (κ2) is 10.6. The highest BCUT2D eigenvalue weighted by atomic mass is 35.5. The third kappa shape index (κ3) is 5.40. The summed E-state index contributed by atoms with van der Waals surface area (Å²) in [5, 5.41) is 2.97. The maximum Gasteiger partial charge on any atom is 0.273 e. The molecule has 0 atom stereocenters. The monoisotopic (exact) mass is 433 g/mol. The van der Waals surface area contributed by atoms with E-state index in [1.165, 1.54) is 23.9 Å². The molecular formula is C22H32ClN5O2. The first-order valence-corrected chi connectivity index (χ1v) is 10.1. The van der Waals surface area contributed by atoms with Crippen molar-refractivity contribution in [2.24, 2.45) is 0 Å². The number of hydrogen-bond acceptors (Lipinski definition) is 6. The van der Waals surface area contributed by atoms with E-state index in [-0.39, 0.29) is 18.3 Å². The normalized spacial score (nSPS) is 14.2. The van der Waals surface area contributed by atoms with E-state index in [2.05, 4.69) is 57.1 Å². The SMILES string of the molecule is COc1c(C)nc(C)nc1C(=O)NCCN1CCN(c2cccc(C)c2C)CC1.Cl. The van der Waals surface area contributed by atoms with Crippen molar-refractivity contribution in [1.82, 2.24) is 20.2 Å². The lowest BCUT2D eigenvalue weighted by Gasteiger charge is -2.37. The highest BCUT2D eigenvalue weighted by Crippen LogP contribution is 2.24. The lowest BCUT2D eigenvalue weighted by Crippen LogP contribution is -2.48. The number of hydrogen-bond donors (Lipinski definition) is 1. The highest BCUT2D eigenvalue weighted by Gasteiger charge is 2.20. The molecule has 2 heterocycles. The summed E-state index contributed by atoms with van der Waals surface area (Å²) in [5.41, 5.74) is 5.00. The van der Waals surface area contributed by atoms with Crippen molar-refractivity contribution in [3.63, 3.8) is 0 Å². The van der Waals surface area contributed by atoms with Gasteiger partial charge in [0.05, 0.1) is 12.8 Å². The van der Waals surface area contributed by atoms with Crippen molar-refractivity contribution in [2.75, 3.05) is 51.3 Å². The Morgan fingerprint density at radius 1 is 1.10 bits per heavy atom. The number of nitrogens with zero attached hydrogens (tertiary/aromatic N) is 4. The number of piperazine rings is 1. The minimum Gasteiger partial charge on any atom is -0.492 e. The quantitative estimate of drug-likeness (QED) is 0.755. The van der Waals surface area contributed by atoms with Crippen LogP contribution < -0.4 is 15.0 Å². The average Bonchev–Trinajstić information content (AvgIpc) is 2.70. The van der Waals surface area contributed by atoms with Gasteiger partial charge >= 0.3 is 0 Å². The Labute approximate surface area is 185 Å². The van der Waals surface area contributed by atoms with Crippen LogP contribution in [0.5, 0.6) is 5.75 Å². The number of methoxy groups -OCH3 is 1. The molecule has 164 valence electrons. The molecule has 0 radical (unpaired) electrons. The van der Waals surface area contributed by atoms with Crippen LogP contribution in [0, 0.1) is 27.7 Å². The fraction of sp³-hybridized carbons (Fsp3) is 0.500. The first-order valence-electron chi connectivity index (χ1n) is 10.1. The lowest BCUT2D eigenvalue weighted by molar-refractivity contribution is 0.0938. The van der Waals surface area contributed by atoms with Gasteiger partial charge in [0.1, 0.15) is 5.82 Å². The maximum atomic E-state index is 12.6. The molecule has 1 aliphatic rings. The molecule has 1 aliphatic heterocycles. The fourth-order valence-electron chi connectivity index (χ4n) is 3.80. The fourth-order valence-corrected chi connectivity index (χ4v) is 3.80. The minimum atomic E-state index is -0.218. The second-order valence-corrected chi connectivity index (χ2v) is 7.54. The maximum absolute atomic E-state index is 12.6. The summed E-state index contributed by atoms with van der Waals surface area (Å²) in [6.07, 6.45) is 0. The third-order valence-corrected chi connectivity index (χ3v) is 5.57. The van der Waals surface area contributed by atoms with Crippen molar-refractivity contribution >= 4 is 24.0 Å².